The number of amides is 1. The van der Waals surface area contributed by atoms with Gasteiger partial charge < -0.3 is 14.8 Å². The molecular weight excluding hydrogens is 258 g/mol. The minimum Gasteiger partial charge on any atom is -0.497 e. The van der Waals surface area contributed by atoms with Crippen LogP contribution in [0.1, 0.15) is 26.3 Å². The van der Waals surface area contributed by atoms with Gasteiger partial charge in [0.25, 0.3) is 0 Å². The number of carbonyl (C=O) groups is 2. The van der Waals surface area contributed by atoms with Gasteiger partial charge in [-0.2, -0.15) is 0 Å². The van der Waals surface area contributed by atoms with Crippen LogP contribution in [0.25, 0.3) is 6.08 Å². The summed E-state index contributed by atoms with van der Waals surface area (Å²) in [4.78, 5) is 23.0. The molecule has 0 aliphatic rings. The summed E-state index contributed by atoms with van der Waals surface area (Å²) in [7, 11) is 1.58. The lowest BCUT2D eigenvalue weighted by molar-refractivity contribution is -0.143. The van der Waals surface area contributed by atoms with Crippen molar-refractivity contribution in [2.45, 2.75) is 26.9 Å². The van der Waals surface area contributed by atoms with E-state index < -0.39 is 5.97 Å². The number of benzene rings is 1. The lowest BCUT2D eigenvalue weighted by Gasteiger charge is -2.11. The van der Waals surface area contributed by atoms with Crippen LogP contribution in [0.4, 0.5) is 0 Å². The Bertz CT molecular complexity index is 503. The molecule has 1 aromatic carbocycles. The van der Waals surface area contributed by atoms with Crippen molar-refractivity contribution >= 4 is 18.0 Å². The van der Waals surface area contributed by atoms with Gasteiger partial charge in [-0.05, 0) is 37.6 Å². The van der Waals surface area contributed by atoms with E-state index in [4.69, 9.17) is 9.47 Å². The first-order valence-electron chi connectivity index (χ1n) is 6.26. The molecule has 0 aliphatic heterocycles. The smallest absolute Gasteiger partial charge is 0.355 e. The average molecular weight is 277 g/mol. The molecule has 5 nitrogen and oxygen atoms in total. The summed E-state index contributed by atoms with van der Waals surface area (Å²) in [6, 6.07) is 7.10. The first kappa shape index (κ1) is 15.8. The Balaban J connectivity index is 2.98. The molecule has 0 aliphatic carbocycles. The number of ether oxygens (including phenoxy) is 2. The van der Waals surface area contributed by atoms with E-state index in [9.17, 15) is 9.59 Å². The van der Waals surface area contributed by atoms with Crippen molar-refractivity contribution < 1.29 is 19.1 Å². The highest BCUT2D eigenvalue weighted by Gasteiger charge is 2.14. The summed E-state index contributed by atoms with van der Waals surface area (Å²) >= 11 is 0. The summed E-state index contributed by atoms with van der Waals surface area (Å²) in [6.07, 6.45) is 1.31. The summed E-state index contributed by atoms with van der Waals surface area (Å²) in [5.74, 6) is -0.176. The van der Waals surface area contributed by atoms with Crippen LogP contribution in [-0.4, -0.2) is 25.1 Å². The molecule has 0 saturated carbocycles. The molecule has 0 unspecified atom stereocenters. The van der Waals surface area contributed by atoms with E-state index in [1.807, 2.05) is 0 Å². The minimum atomic E-state index is -0.564. The van der Waals surface area contributed by atoms with Crippen LogP contribution in [0.2, 0.25) is 0 Å². The number of carbonyl (C=O) groups excluding carboxylic acids is 2. The SMILES string of the molecule is COc1ccc(/C=C(\NC(C)=O)C(=O)OC(C)C)cc1. The van der Waals surface area contributed by atoms with Crippen molar-refractivity contribution in [1.29, 1.82) is 0 Å². The van der Waals surface area contributed by atoms with Gasteiger partial charge in [0.2, 0.25) is 5.91 Å². The first-order chi connectivity index (χ1) is 9.42. The Morgan fingerprint density at radius 2 is 1.80 bits per heavy atom. The number of methoxy groups -OCH3 is 1. The summed E-state index contributed by atoms with van der Waals surface area (Å²) in [5, 5.41) is 2.48. The highest BCUT2D eigenvalue weighted by atomic mass is 16.5. The Morgan fingerprint density at radius 3 is 2.25 bits per heavy atom. The van der Waals surface area contributed by atoms with Crippen molar-refractivity contribution in [3.63, 3.8) is 0 Å². The Kier molecular flexibility index (Phi) is 5.77. The minimum absolute atomic E-state index is 0.108. The maximum absolute atomic E-state index is 11.9. The van der Waals surface area contributed by atoms with E-state index in [0.29, 0.717) is 5.75 Å². The van der Waals surface area contributed by atoms with Crippen LogP contribution in [0.3, 0.4) is 0 Å². The van der Waals surface area contributed by atoms with Crippen LogP contribution in [-0.2, 0) is 14.3 Å². The van der Waals surface area contributed by atoms with Gasteiger partial charge in [0.1, 0.15) is 11.4 Å². The first-order valence-corrected chi connectivity index (χ1v) is 6.26. The van der Waals surface area contributed by atoms with E-state index in [2.05, 4.69) is 5.32 Å². The molecule has 0 fully saturated rings. The average Bonchev–Trinajstić information content (AvgIpc) is 2.37. The van der Waals surface area contributed by atoms with Gasteiger partial charge in [0.15, 0.2) is 0 Å². The number of hydrogen-bond donors (Lipinski definition) is 1. The van der Waals surface area contributed by atoms with E-state index in [1.165, 1.54) is 6.92 Å². The second kappa shape index (κ2) is 7.33. The Labute approximate surface area is 118 Å². The quantitative estimate of drug-likeness (QED) is 0.661. The molecule has 0 bridgehead atoms. The monoisotopic (exact) mass is 277 g/mol. The maximum Gasteiger partial charge on any atom is 0.355 e. The van der Waals surface area contributed by atoms with Crippen LogP contribution < -0.4 is 10.1 Å². The molecule has 0 radical (unpaired) electrons. The third-order valence-electron chi connectivity index (χ3n) is 2.30. The van der Waals surface area contributed by atoms with E-state index >= 15 is 0 Å². The molecule has 0 atom stereocenters. The van der Waals surface area contributed by atoms with E-state index in [1.54, 1.807) is 51.3 Å². The molecule has 1 rings (SSSR count). The fraction of sp³-hybridized carbons (Fsp3) is 0.333. The summed E-state index contributed by atoms with van der Waals surface area (Å²) in [5.41, 5.74) is 0.867. The Morgan fingerprint density at radius 1 is 1.20 bits per heavy atom. The molecular formula is C15H19NO4. The van der Waals surface area contributed by atoms with Crippen LogP contribution >= 0.6 is 0 Å². The normalized spacial score (nSPS) is 11.2. The predicted octanol–water partition coefficient (Wildman–Crippen LogP) is 2.12. The molecule has 0 spiro atoms. The standard InChI is InChI=1S/C15H19NO4/c1-10(2)20-15(18)14(16-11(3)17)9-12-5-7-13(19-4)8-6-12/h5-10H,1-4H3,(H,16,17)/b14-9-. The van der Waals surface area contributed by atoms with E-state index in [-0.39, 0.29) is 17.7 Å². The number of hydrogen-bond acceptors (Lipinski definition) is 4. The molecule has 0 heterocycles. The summed E-state index contributed by atoms with van der Waals surface area (Å²) in [6.45, 7) is 4.83. The summed E-state index contributed by atoms with van der Waals surface area (Å²) < 4.78 is 10.1. The van der Waals surface area contributed by atoms with Gasteiger partial charge in [-0.1, -0.05) is 12.1 Å². The lowest BCUT2D eigenvalue weighted by Crippen LogP contribution is -2.27. The van der Waals surface area contributed by atoms with Crippen LogP contribution in [0, 0.1) is 0 Å². The number of rotatable bonds is 5. The van der Waals surface area contributed by atoms with Gasteiger partial charge in [0, 0.05) is 6.92 Å². The highest BCUT2D eigenvalue weighted by molar-refractivity contribution is 5.97. The lowest BCUT2D eigenvalue weighted by atomic mass is 10.2. The third-order valence-corrected chi connectivity index (χ3v) is 2.30. The van der Waals surface area contributed by atoms with Gasteiger partial charge in [-0.15, -0.1) is 0 Å². The molecule has 20 heavy (non-hydrogen) atoms. The third kappa shape index (κ3) is 5.14. The largest absolute Gasteiger partial charge is 0.497 e. The molecule has 1 N–H and O–H groups in total. The molecule has 108 valence electrons. The van der Waals surface area contributed by atoms with Gasteiger partial charge >= 0.3 is 5.97 Å². The van der Waals surface area contributed by atoms with Crippen LogP contribution in [0.5, 0.6) is 5.75 Å². The molecule has 5 heteroatoms. The van der Waals surface area contributed by atoms with Crippen molar-refractivity contribution in [3.05, 3.63) is 35.5 Å². The van der Waals surface area contributed by atoms with Crippen molar-refractivity contribution in [2.75, 3.05) is 7.11 Å². The number of esters is 1. The molecule has 1 aromatic rings. The zero-order valence-corrected chi connectivity index (χ0v) is 12.1. The molecule has 0 saturated heterocycles. The van der Waals surface area contributed by atoms with E-state index in [0.717, 1.165) is 5.56 Å². The molecule has 1 amide bonds. The van der Waals surface area contributed by atoms with Gasteiger partial charge in [-0.25, -0.2) is 4.79 Å². The topological polar surface area (TPSA) is 64.6 Å². The molecule has 0 aromatic heterocycles. The highest BCUT2D eigenvalue weighted by Crippen LogP contribution is 2.14. The van der Waals surface area contributed by atoms with Gasteiger partial charge in [-0.3, -0.25) is 4.79 Å². The van der Waals surface area contributed by atoms with Crippen molar-refractivity contribution in [2.24, 2.45) is 0 Å². The maximum atomic E-state index is 11.9. The second-order valence-electron chi connectivity index (χ2n) is 4.47. The Hall–Kier alpha value is -2.30. The fourth-order valence-electron chi connectivity index (χ4n) is 1.48. The van der Waals surface area contributed by atoms with Crippen molar-refractivity contribution in [3.8, 4) is 5.75 Å². The predicted molar refractivity (Wildman–Crippen MR) is 76.0 cm³/mol. The zero-order valence-electron chi connectivity index (χ0n) is 12.1. The van der Waals surface area contributed by atoms with Crippen LogP contribution in [0.15, 0.2) is 30.0 Å². The second-order valence-corrected chi connectivity index (χ2v) is 4.47. The zero-order chi connectivity index (χ0) is 15.1. The fourth-order valence-corrected chi connectivity index (χ4v) is 1.48. The number of nitrogens with one attached hydrogen (secondary N) is 1. The van der Waals surface area contributed by atoms with Gasteiger partial charge in [0.05, 0.1) is 13.2 Å². The van der Waals surface area contributed by atoms with Crippen molar-refractivity contribution in [1.82, 2.24) is 5.32 Å².